The van der Waals surface area contributed by atoms with Crippen molar-refractivity contribution in [3.05, 3.63) is 22.6 Å². The van der Waals surface area contributed by atoms with Crippen molar-refractivity contribution in [2.45, 2.75) is 41.0 Å². The van der Waals surface area contributed by atoms with E-state index in [1.165, 1.54) is 0 Å². The summed E-state index contributed by atoms with van der Waals surface area (Å²) < 4.78 is 5.47. The van der Waals surface area contributed by atoms with E-state index in [9.17, 15) is 4.79 Å². The summed E-state index contributed by atoms with van der Waals surface area (Å²) in [4.78, 5) is 12.1. The van der Waals surface area contributed by atoms with E-state index >= 15 is 0 Å². The average molecular weight is 252 g/mol. The SMILES string of the molecule is Cc1oc(C)c(C(=O)NCC(C)(C)CCN)c1C. The quantitative estimate of drug-likeness (QED) is 0.845. The maximum atomic E-state index is 12.1. The Morgan fingerprint density at radius 3 is 2.33 bits per heavy atom. The summed E-state index contributed by atoms with van der Waals surface area (Å²) in [6.07, 6.45) is 0.885. The second-order valence-electron chi connectivity index (χ2n) is 5.60. The van der Waals surface area contributed by atoms with E-state index in [2.05, 4.69) is 19.2 Å². The van der Waals surface area contributed by atoms with Crippen molar-refractivity contribution >= 4 is 5.91 Å². The Bertz CT molecular complexity index is 433. The van der Waals surface area contributed by atoms with E-state index in [1.807, 2.05) is 20.8 Å². The van der Waals surface area contributed by atoms with Crippen molar-refractivity contribution in [1.29, 1.82) is 0 Å². The van der Waals surface area contributed by atoms with Gasteiger partial charge in [0.15, 0.2) is 0 Å². The molecule has 0 saturated carbocycles. The van der Waals surface area contributed by atoms with Gasteiger partial charge in [-0.05, 0) is 39.2 Å². The number of aryl methyl sites for hydroxylation is 2. The Labute approximate surface area is 109 Å². The van der Waals surface area contributed by atoms with Crippen LogP contribution in [0, 0.1) is 26.2 Å². The van der Waals surface area contributed by atoms with Crippen LogP contribution in [0.1, 0.15) is 47.7 Å². The summed E-state index contributed by atoms with van der Waals surface area (Å²) in [5.74, 6) is 1.42. The molecule has 18 heavy (non-hydrogen) atoms. The normalized spacial score (nSPS) is 11.7. The van der Waals surface area contributed by atoms with Gasteiger partial charge in [0.2, 0.25) is 0 Å². The Kier molecular flexibility index (Phi) is 4.57. The molecule has 0 radical (unpaired) electrons. The number of nitrogens with one attached hydrogen (secondary N) is 1. The Balaban J connectivity index is 2.72. The minimum absolute atomic E-state index is 0.0188. The van der Waals surface area contributed by atoms with Crippen molar-refractivity contribution in [2.24, 2.45) is 11.1 Å². The molecular formula is C14H24N2O2. The second-order valence-corrected chi connectivity index (χ2v) is 5.60. The molecule has 0 saturated heterocycles. The fourth-order valence-corrected chi connectivity index (χ4v) is 2.01. The molecule has 0 aliphatic heterocycles. The van der Waals surface area contributed by atoms with Gasteiger partial charge in [-0.25, -0.2) is 0 Å². The zero-order valence-electron chi connectivity index (χ0n) is 12.0. The van der Waals surface area contributed by atoms with Crippen LogP contribution in [0.5, 0.6) is 0 Å². The van der Waals surface area contributed by atoms with E-state index in [0.29, 0.717) is 24.4 Å². The van der Waals surface area contributed by atoms with Gasteiger partial charge in [0.25, 0.3) is 5.91 Å². The van der Waals surface area contributed by atoms with Crippen molar-refractivity contribution in [2.75, 3.05) is 13.1 Å². The molecule has 4 nitrogen and oxygen atoms in total. The van der Waals surface area contributed by atoms with Crippen molar-refractivity contribution < 1.29 is 9.21 Å². The van der Waals surface area contributed by atoms with Crippen LogP contribution in [-0.4, -0.2) is 19.0 Å². The standard InChI is InChI=1S/C14H24N2O2/c1-9-10(2)18-11(3)12(9)13(17)16-8-14(4,5)6-7-15/h6-8,15H2,1-5H3,(H,16,17). The number of carbonyl (C=O) groups excluding carboxylic acids is 1. The largest absolute Gasteiger partial charge is 0.466 e. The number of hydrogen-bond donors (Lipinski definition) is 2. The Morgan fingerprint density at radius 1 is 1.28 bits per heavy atom. The number of carbonyl (C=O) groups is 1. The van der Waals surface area contributed by atoms with Gasteiger partial charge in [-0.15, -0.1) is 0 Å². The molecule has 0 unspecified atom stereocenters. The first-order chi connectivity index (χ1) is 8.28. The Hall–Kier alpha value is -1.29. The number of nitrogens with two attached hydrogens (primary N) is 1. The predicted molar refractivity (Wildman–Crippen MR) is 72.7 cm³/mol. The van der Waals surface area contributed by atoms with Crippen molar-refractivity contribution in [1.82, 2.24) is 5.32 Å². The van der Waals surface area contributed by atoms with Gasteiger partial charge < -0.3 is 15.5 Å². The summed E-state index contributed by atoms with van der Waals surface area (Å²) in [5.41, 5.74) is 7.16. The summed E-state index contributed by atoms with van der Waals surface area (Å²) in [6.45, 7) is 11.0. The third-order valence-electron chi connectivity index (χ3n) is 3.34. The summed E-state index contributed by atoms with van der Waals surface area (Å²) in [7, 11) is 0. The summed E-state index contributed by atoms with van der Waals surface area (Å²) >= 11 is 0. The van der Waals surface area contributed by atoms with Crippen LogP contribution in [0.4, 0.5) is 0 Å². The molecule has 4 heteroatoms. The molecule has 102 valence electrons. The van der Waals surface area contributed by atoms with E-state index in [-0.39, 0.29) is 11.3 Å². The van der Waals surface area contributed by atoms with Gasteiger partial charge in [0.05, 0.1) is 5.56 Å². The Morgan fingerprint density at radius 2 is 1.89 bits per heavy atom. The zero-order valence-corrected chi connectivity index (χ0v) is 12.0. The topological polar surface area (TPSA) is 68.3 Å². The third kappa shape index (κ3) is 3.35. The lowest BCUT2D eigenvalue weighted by atomic mass is 9.89. The fourth-order valence-electron chi connectivity index (χ4n) is 2.01. The highest BCUT2D eigenvalue weighted by Crippen LogP contribution is 2.22. The minimum Gasteiger partial charge on any atom is -0.466 e. The number of amides is 1. The highest BCUT2D eigenvalue weighted by Gasteiger charge is 2.22. The van der Waals surface area contributed by atoms with E-state index in [1.54, 1.807) is 0 Å². The number of rotatable bonds is 5. The number of furan rings is 1. The smallest absolute Gasteiger partial charge is 0.255 e. The molecule has 0 fully saturated rings. The van der Waals surface area contributed by atoms with E-state index in [0.717, 1.165) is 17.7 Å². The molecule has 0 aromatic carbocycles. The molecule has 1 rings (SSSR count). The zero-order chi connectivity index (χ0) is 13.9. The number of hydrogen-bond acceptors (Lipinski definition) is 3. The van der Waals surface area contributed by atoms with Crippen LogP contribution in [-0.2, 0) is 0 Å². The van der Waals surface area contributed by atoms with Gasteiger partial charge in [0.1, 0.15) is 11.5 Å². The molecule has 0 aliphatic carbocycles. The first-order valence-corrected chi connectivity index (χ1v) is 6.33. The first kappa shape index (κ1) is 14.8. The van der Waals surface area contributed by atoms with Gasteiger partial charge in [-0.1, -0.05) is 13.8 Å². The van der Waals surface area contributed by atoms with Crippen molar-refractivity contribution in [3.63, 3.8) is 0 Å². The minimum atomic E-state index is -0.0630. The first-order valence-electron chi connectivity index (χ1n) is 6.33. The summed E-state index contributed by atoms with van der Waals surface area (Å²) in [5, 5.41) is 2.96. The molecule has 0 atom stereocenters. The third-order valence-corrected chi connectivity index (χ3v) is 3.34. The van der Waals surface area contributed by atoms with Gasteiger partial charge in [0, 0.05) is 12.1 Å². The second kappa shape index (κ2) is 5.57. The van der Waals surface area contributed by atoms with Crippen molar-refractivity contribution in [3.8, 4) is 0 Å². The van der Waals surface area contributed by atoms with Crippen LogP contribution < -0.4 is 11.1 Å². The molecular weight excluding hydrogens is 228 g/mol. The van der Waals surface area contributed by atoms with E-state index in [4.69, 9.17) is 10.2 Å². The van der Waals surface area contributed by atoms with Gasteiger partial charge >= 0.3 is 0 Å². The molecule has 1 aromatic heterocycles. The van der Waals surface area contributed by atoms with Crippen LogP contribution >= 0.6 is 0 Å². The maximum absolute atomic E-state index is 12.1. The highest BCUT2D eigenvalue weighted by molar-refractivity contribution is 5.96. The lowest BCUT2D eigenvalue weighted by molar-refractivity contribution is 0.0933. The fraction of sp³-hybridized carbons (Fsp3) is 0.643. The molecule has 0 aliphatic rings. The van der Waals surface area contributed by atoms with Gasteiger partial charge in [-0.2, -0.15) is 0 Å². The van der Waals surface area contributed by atoms with Crippen LogP contribution in [0.15, 0.2) is 4.42 Å². The van der Waals surface area contributed by atoms with E-state index < -0.39 is 0 Å². The molecule has 0 bridgehead atoms. The lowest BCUT2D eigenvalue weighted by Gasteiger charge is -2.24. The average Bonchev–Trinajstić information content (AvgIpc) is 2.50. The highest BCUT2D eigenvalue weighted by atomic mass is 16.3. The van der Waals surface area contributed by atoms with Gasteiger partial charge in [-0.3, -0.25) is 4.79 Å². The lowest BCUT2D eigenvalue weighted by Crippen LogP contribution is -2.35. The molecule has 1 heterocycles. The molecule has 3 N–H and O–H groups in total. The monoisotopic (exact) mass is 252 g/mol. The maximum Gasteiger partial charge on any atom is 0.255 e. The molecule has 1 amide bonds. The molecule has 1 aromatic rings. The van der Waals surface area contributed by atoms with Crippen LogP contribution in [0.25, 0.3) is 0 Å². The summed E-state index contributed by atoms with van der Waals surface area (Å²) in [6, 6.07) is 0. The predicted octanol–water partition coefficient (Wildman–Crippen LogP) is 2.31. The molecule has 0 spiro atoms. The van der Waals surface area contributed by atoms with Crippen LogP contribution in [0.3, 0.4) is 0 Å². The van der Waals surface area contributed by atoms with Crippen LogP contribution in [0.2, 0.25) is 0 Å².